The van der Waals surface area contributed by atoms with Crippen molar-refractivity contribution in [2.24, 2.45) is 5.92 Å². The fraction of sp³-hybridized carbons (Fsp3) is 0.500. The molecule has 7 heteroatoms. The Kier molecular flexibility index (Phi) is 11.4. The molecule has 1 aliphatic heterocycles. The zero-order chi connectivity index (χ0) is 23.1. The molecule has 0 aromatic heterocycles. The number of nitrogens with one attached hydrogen (secondary N) is 2. The van der Waals surface area contributed by atoms with Crippen molar-refractivity contribution in [1.82, 2.24) is 20.4 Å². The van der Waals surface area contributed by atoms with Crippen LogP contribution in [0.15, 0.2) is 42.5 Å². The van der Waals surface area contributed by atoms with E-state index in [4.69, 9.17) is 35.4 Å². The second-order valence-corrected chi connectivity index (χ2v) is 10.2. The first-order valence-corrected chi connectivity index (χ1v) is 12.4. The van der Waals surface area contributed by atoms with E-state index in [1.807, 2.05) is 12.1 Å². The number of benzene rings is 2. The van der Waals surface area contributed by atoms with Gasteiger partial charge in [0.25, 0.3) is 0 Å². The number of piperazine rings is 1. The molecular formula is C26H38Cl2N4S. The van der Waals surface area contributed by atoms with Crippen LogP contribution in [0.3, 0.4) is 0 Å². The first-order valence-electron chi connectivity index (χ1n) is 11.3. The molecule has 1 saturated heterocycles. The minimum absolute atomic E-state index is 0. The Balaban J connectivity index is 0.00000385. The number of nitrogens with zero attached hydrogens (tertiary/aromatic N) is 2. The fourth-order valence-electron chi connectivity index (χ4n) is 3.95. The third-order valence-corrected chi connectivity index (χ3v) is 6.97. The molecule has 0 amide bonds. The molecule has 182 valence electrons. The molecule has 0 saturated carbocycles. The molecule has 2 aromatic rings. The quantitative estimate of drug-likeness (QED) is 0.443. The standard InChI is InChI=1S/C25H34Cl2N4S.CH4/c1-18(2)24(29-25(32)28-15-20-6-4-5-19(3)13-20)17-31-11-9-30(10-12-31)16-21-7-8-22(26)23(27)14-21;/h4-8,13-14,18,24H,9-12,15-17H2,1-3H3,(H2,28,29,32);1H4. The van der Waals surface area contributed by atoms with E-state index in [2.05, 4.69) is 71.5 Å². The molecule has 1 heterocycles. The number of hydrogen-bond acceptors (Lipinski definition) is 3. The molecule has 1 atom stereocenters. The zero-order valence-electron chi connectivity index (χ0n) is 19.2. The molecule has 0 bridgehead atoms. The van der Waals surface area contributed by atoms with Gasteiger partial charge in [-0.05, 0) is 48.3 Å². The Morgan fingerprint density at radius 3 is 2.30 bits per heavy atom. The van der Waals surface area contributed by atoms with Crippen LogP contribution in [0.2, 0.25) is 10.0 Å². The molecule has 3 rings (SSSR count). The highest BCUT2D eigenvalue weighted by atomic mass is 35.5. The Labute approximate surface area is 215 Å². The van der Waals surface area contributed by atoms with Gasteiger partial charge in [-0.3, -0.25) is 9.80 Å². The molecule has 1 aliphatic rings. The minimum atomic E-state index is 0. The van der Waals surface area contributed by atoms with Gasteiger partial charge in [0, 0.05) is 51.9 Å². The van der Waals surface area contributed by atoms with Crippen molar-refractivity contribution in [2.75, 3.05) is 32.7 Å². The Morgan fingerprint density at radius 2 is 1.67 bits per heavy atom. The first kappa shape index (κ1) is 27.9. The third-order valence-electron chi connectivity index (χ3n) is 5.97. The number of halogens is 2. The molecule has 4 nitrogen and oxygen atoms in total. The number of aryl methyl sites for hydroxylation is 1. The summed E-state index contributed by atoms with van der Waals surface area (Å²) in [5, 5.41) is 8.88. The molecule has 1 unspecified atom stereocenters. The van der Waals surface area contributed by atoms with E-state index in [0.717, 1.165) is 50.9 Å². The van der Waals surface area contributed by atoms with Crippen LogP contribution in [-0.2, 0) is 13.1 Å². The lowest BCUT2D eigenvalue weighted by Crippen LogP contribution is -2.53. The Hall–Kier alpha value is -1.37. The van der Waals surface area contributed by atoms with Crippen molar-refractivity contribution in [3.8, 4) is 0 Å². The maximum absolute atomic E-state index is 6.17. The van der Waals surface area contributed by atoms with Crippen LogP contribution in [0.5, 0.6) is 0 Å². The third kappa shape index (κ3) is 9.06. The van der Waals surface area contributed by atoms with Gasteiger partial charge >= 0.3 is 0 Å². The Bertz CT molecular complexity index is 898. The van der Waals surface area contributed by atoms with Gasteiger partial charge in [-0.2, -0.15) is 0 Å². The predicted octanol–water partition coefficient (Wildman–Crippen LogP) is 5.74. The smallest absolute Gasteiger partial charge is 0.166 e. The molecule has 1 fully saturated rings. The highest BCUT2D eigenvalue weighted by Gasteiger charge is 2.22. The Morgan fingerprint density at radius 1 is 0.970 bits per heavy atom. The van der Waals surface area contributed by atoms with E-state index in [-0.39, 0.29) is 7.43 Å². The molecule has 2 aromatic carbocycles. The summed E-state index contributed by atoms with van der Waals surface area (Å²) in [6.07, 6.45) is 0. The van der Waals surface area contributed by atoms with Crippen LogP contribution in [0.4, 0.5) is 0 Å². The number of rotatable bonds is 8. The highest BCUT2D eigenvalue weighted by molar-refractivity contribution is 7.80. The normalized spacial score (nSPS) is 15.7. The molecule has 0 spiro atoms. The van der Waals surface area contributed by atoms with Crippen molar-refractivity contribution in [3.05, 3.63) is 69.2 Å². The molecule has 0 radical (unpaired) electrons. The summed E-state index contributed by atoms with van der Waals surface area (Å²) in [4.78, 5) is 5.01. The second-order valence-electron chi connectivity index (χ2n) is 8.99. The maximum atomic E-state index is 6.17. The topological polar surface area (TPSA) is 30.5 Å². The van der Waals surface area contributed by atoms with Gasteiger partial charge in [-0.25, -0.2) is 0 Å². The lowest BCUT2D eigenvalue weighted by Gasteiger charge is -2.37. The summed E-state index contributed by atoms with van der Waals surface area (Å²) >= 11 is 17.8. The molecule has 33 heavy (non-hydrogen) atoms. The average molecular weight is 510 g/mol. The van der Waals surface area contributed by atoms with E-state index < -0.39 is 0 Å². The van der Waals surface area contributed by atoms with Gasteiger partial charge in [0.1, 0.15) is 0 Å². The lowest BCUT2D eigenvalue weighted by atomic mass is 10.0. The average Bonchev–Trinajstić information content (AvgIpc) is 2.76. The number of hydrogen-bond donors (Lipinski definition) is 2. The first-order chi connectivity index (χ1) is 15.3. The molecular weight excluding hydrogens is 471 g/mol. The van der Waals surface area contributed by atoms with Gasteiger partial charge in [0.05, 0.1) is 10.0 Å². The van der Waals surface area contributed by atoms with Crippen LogP contribution in [0, 0.1) is 12.8 Å². The van der Waals surface area contributed by atoms with Gasteiger partial charge < -0.3 is 10.6 Å². The van der Waals surface area contributed by atoms with E-state index in [0.29, 0.717) is 22.0 Å². The second kappa shape index (κ2) is 13.5. The van der Waals surface area contributed by atoms with Crippen LogP contribution in [0.25, 0.3) is 0 Å². The molecule has 2 N–H and O–H groups in total. The summed E-state index contributed by atoms with van der Waals surface area (Å²) in [6, 6.07) is 14.7. The summed E-state index contributed by atoms with van der Waals surface area (Å²) in [5.74, 6) is 0.489. The summed E-state index contributed by atoms with van der Waals surface area (Å²) in [5.41, 5.74) is 3.72. The summed E-state index contributed by atoms with van der Waals surface area (Å²) in [6.45, 7) is 13.4. The monoisotopic (exact) mass is 508 g/mol. The molecule has 0 aliphatic carbocycles. The van der Waals surface area contributed by atoms with E-state index >= 15 is 0 Å². The van der Waals surface area contributed by atoms with E-state index in [1.165, 1.54) is 16.7 Å². The van der Waals surface area contributed by atoms with Crippen LogP contribution >= 0.6 is 35.4 Å². The van der Waals surface area contributed by atoms with E-state index in [9.17, 15) is 0 Å². The van der Waals surface area contributed by atoms with E-state index in [1.54, 1.807) is 0 Å². The zero-order valence-corrected chi connectivity index (χ0v) is 21.5. The summed E-state index contributed by atoms with van der Waals surface area (Å²) < 4.78 is 0. The van der Waals surface area contributed by atoms with Gasteiger partial charge in [-0.15, -0.1) is 0 Å². The lowest BCUT2D eigenvalue weighted by molar-refractivity contribution is 0.114. The van der Waals surface area contributed by atoms with Crippen molar-refractivity contribution in [1.29, 1.82) is 0 Å². The van der Waals surface area contributed by atoms with Crippen molar-refractivity contribution in [3.63, 3.8) is 0 Å². The minimum Gasteiger partial charge on any atom is -0.359 e. The van der Waals surface area contributed by atoms with Gasteiger partial charge in [0.2, 0.25) is 0 Å². The fourth-order valence-corrected chi connectivity index (χ4v) is 4.50. The highest BCUT2D eigenvalue weighted by Crippen LogP contribution is 2.23. The van der Waals surface area contributed by atoms with Crippen LogP contribution < -0.4 is 10.6 Å². The van der Waals surface area contributed by atoms with Crippen molar-refractivity contribution >= 4 is 40.5 Å². The van der Waals surface area contributed by atoms with Crippen LogP contribution in [0.1, 0.15) is 38.0 Å². The maximum Gasteiger partial charge on any atom is 0.166 e. The largest absolute Gasteiger partial charge is 0.359 e. The van der Waals surface area contributed by atoms with Crippen LogP contribution in [-0.4, -0.2) is 53.7 Å². The van der Waals surface area contributed by atoms with Gasteiger partial charge in [0.15, 0.2) is 5.11 Å². The predicted molar refractivity (Wildman–Crippen MR) is 147 cm³/mol. The van der Waals surface area contributed by atoms with Crippen molar-refractivity contribution in [2.45, 2.75) is 47.3 Å². The van der Waals surface area contributed by atoms with Crippen molar-refractivity contribution < 1.29 is 0 Å². The SMILES string of the molecule is C.Cc1cccc(CNC(=S)NC(CN2CCN(Cc3ccc(Cl)c(Cl)c3)CC2)C(C)C)c1. The number of thiocarbonyl (C=S) groups is 1. The summed E-state index contributed by atoms with van der Waals surface area (Å²) in [7, 11) is 0. The van der Waals surface area contributed by atoms with Gasteiger partial charge in [-0.1, -0.05) is 80.4 Å².